The van der Waals surface area contributed by atoms with Gasteiger partial charge in [0.05, 0.1) is 19.0 Å². The van der Waals surface area contributed by atoms with Crippen LogP contribution in [0.25, 0.3) is 23.4 Å². The Hall–Kier alpha value is -3.47. The van der Waals surface area contributed by atoms with E-state index in [4.69, 9.17) is 4.74 Å². The van der Waals surface area contributed by atoms with E-state index >= 15 is 0 Å². The molecule has 0 aliphatic heterocycles. The molecule has 5 nitrogen and oxygen atoms in total. The molecule has 5 heteroatoms. The molecule has 0 spiro atoms. The average Bonchev–Trinajstić information content (AvgIpc) is 2.68. The standard InChI is InChI=1S/C21H19N3O2/c1-15(25)23-21-19(13-8-16-6-4-3-5-7-16)24-20(14-22-21)17-9-11-18(26-2)12-10-17/h3-14H,1-2H3,(H,22,23,25)/b13-8+. The van der Waals surface area contributed by atoms with Crippen molar-refractivity contribution in [2.24, 2.45) is 0 Å². The highest BCUT2D eigenvalue weighted by Gasteiger charge is 2.08. The monoisotopic (exact) mass is 345 g/mol. The molecule has 1 aromatic heterocycles. The van der Waals surface area contributed by atoms with E-state index in [1.807, 2.05) is 66.7 Å². The lowest BCUT2D eigenvalue weighted by Crippen LogP contribution is -2.10. The largest absolute Gasteiger partial charge is 0.497 e. The lowest BCUT2D eigenvalue weighted by atomic mass is 10.1. The van der Waals surface area contributed by atoms with Gasteiger partial charge in [-0.2, -0.15) is 0 Å². The number of nitrogens with one attached hydrogen (secondary N) is 1. The summed E-state index contributed by atoms with van der Waals surface area (Å²) in [6.45, 7) is 1.45. The highest BCUT2D eigenvalue weighted by atomic mass is 16.5. The lowest BCUT2D eigenvalue weighted by molar-refractivity contribution is -0.114. The molecule has 0 aliphatic carbocycles. The Morgan fingerprint density at radius 1 is 1.04 bits per heavy atom. The van der Waals surface area contributed by atoms with Crippen molar-refractivity contribution in [2.75, 3.05) is 12.4 Å². The fourth-order valence-electron chi connectivity index (χ4n) is 2.42. The Bertz CT molecular complexity index is 920. The van der Waals surface area contributed by atoms with Crippen LogP contribution in [-0.2, 0) is 4.79 Å². The summed E-state index contributed by atoms with van der Waals surface area (Å²) in [5.74, 6) is 1.02. The van der Waals surface area contributed by atoms with Crippen LogP contribution in [0, 0.1) is 0 Å². The van der Waals surface area contributed by atoms with Crippen LogP contribution in [0.2, 0.25) is 0 Å². The summed E-state index contributed by atoms with van der Waals surface area (Å²) in [6.07, 6.45) is 5.43. The lowest BCUT2D eigenvalue weighted by Gasteiger charge is -2.08. The number of ether oxygens (including phenoxy) is 1. The molecule has 0 saturated carbocycles. The van der Waals surface area contributed by atoms with Crippen molar-refractivity contribution in [3.05, 3.63) is 72.1 Å². The zero-order valence-corrected chi connectivity index (χ0v) is 14.6. The second-order valence-electron chi connectivity index (χ2n) is 5.64. The van der Waals surface area contributed by atoms with E-state index in [0.29, 0.717) is 11.5 Å². The van der Waals surface area contributed by atoms with Crippen LogP contribution in [0.3, 0.4) is 0 Å². The number of carbonyl (C=O) groups is 1. The first-order valence-electron chi connectivity index (χ1n) is 8.18. The molecular formula is C21H19N3O2. The fraction of sp³-hybridized carbons (Fsp3) is 0.0952. The Balaban J connectivity index is 1.97. The first-order valence-corrected chi connectivity index (χ1v) is 8.18. The van der Waals surface area contributed by atoms with Crippen LogP contribution in [0.4, 0.5) is 5.82 Å². The smallest absolute Gasteiger partial charge is 0.222 e. The number of benzene rings is 2. The average molecular weight is 345 g/mol. The second-order valence-corrected chi connectivity index (χ2v) is 5.64. The Labute approximate surface area is 152 Å². The maximum atomic E-state index is 11.4. The fourth-order valence-corrected chi connectivity index (χ4v) is 2.42. The quantitative estimate of drug-likeness (QED) is 0.749. The van der Waals surface area contributed by atoms with E-state index in [0.717, 1.165) is 22.6 Å². The van der Waals surface area contributed by atoms with Crippen LogP contribution in [0.5, 0.6) is 5.75 Å². The van der Waals surface area contributed by atoms with E-state index in [2.05, 4.69) is 15.3 Å². The number of aromatic nitrogens is 2. The minimum atomic E-state index is -0.189. The minimum absolute atomic E-state index is 0.189. The van der Waals surface area contributed by atoms with Crippen LogP contribution >= 0.6 is 0 Å². The first-order chi connectivity index (χ1) is 12.7. The van der Waals surface area contributed by atoms with Gasteiger partial charge in [-0.1, -0.05) is 36.4 Å². The van der Waals surface area contributed by atoms with Gasteiger partial charge in [-0.15, -0.1) is 0 Å². The summed E-state index contributed by atoms with van der Waals surface area (Å²) in [5.41, 5.74) is 3.27. The molecular weight excluding hydrogens is 326 g/mol. The van der Waals surface area contributed by atoms with E-state index in [1.54, 1.807) is 13.3 Å². The van der Waals surface area contributed by atoms with E-state index in [-0.39, 0.29) is 5.91 Å². The van der Waals surface area contributed by atoms with Crippen molar-refractivity contribution in [3.63, 3.8) is 0 Å². The molecule has 0 saturated heterocycles. The van der Waals surface area contributed by atoms with Gasteiger partial charge in [0.1, 0.15) is 11.4 Å². The molecule has 0 fully saturated rings. The third kappa shape index (κ3) is 4.33. The Morgan fingerprint density at radius 2 is 1.77 bits per heavy atom. The molecule has 1 heterocycles. The number of anilines is 1. The Morgan fingerprint density at radius 3 is 2.42 bits per heavy atom. The van der Waals surface area contributed by atoms with Gasteiger partial charge < -0.3 is 10.1 Å². The number of hydrogen-bond donors (Lipinski definition) is 1. The highest BCUT2D eigenvalue weighted by molar-refractivity contribution is 5.90. The predicted molar refractivity (Wildman–Crippen MR) is 104 cm³/mol. The van der Waals surface area contributed by atoms with Gasteiger partial charge in [0.15, 0.2) is 5.82 Å². The van der Waals surface area contributed by atoms with Gasteiger partial charge in [-0.05, 0) is 35.9 Å². The van der Waals surface area contributed by atoms with E-state index in [9.17, 15) is 4.79 Å². The van der Waals surface area contributed by atoms with Crippen molar-refractivity contribution in [1.29, 1.82) is 0 Å². The predicted octanol–water partition coefficient (Wildman–Crippen LogP) is 4.28. The summed E-state index contributed by atoms with van der Waals surface area (Å²) in [5, 5.41) is 2.72. The number of rotatable bonds is 5. The van der Waals surface area contributed by atoms with Crippen molar-refractivity contribution in [2.45, 2.75) is 6.92 Å². The van der Waals surface area contributed by atoms with Crippen LogP contribution in [0.1, 0.15) is 18.2 Å². The number of carbonyl (C=O) groups excluding carboxylic acids is 1. The third-order valence-corrected chi connectivity index (χ3v) is 3.71. The van der Waals surface area contributed by atoms with Gasteiger partial charge in [0, 0.05) is 12.5 Å². The topological polar surface area (TPSA) is 64.1 Å². The van der Waals surface area contributed by atoms with Gasteiger partial charge in [-0.25, -0.2) is 9.97 Å². The zero-order chi connectivity index (χ0) is 18.4. The molecule has 26 heavy (non-hydrogen) atoms. The summed E-state index contributed by atoms with van der Waals surface area (Å²) in [4.78, 5) is 20.5. The second kappa shape index (κ2) is 8.07. The maximum Gasteiger partial charge on any atom is 0.222 e. The normalized spacial score (nSPS) is 10.7. The molecule has 0 bridgehead atoms. The number of nitrogens with zero attached hydrogens (tertiary/aromatic N) is 2. The molecule has 3 rings (SSSR count). The number of methoxy groups -OCH3 is 1. The van der Waals surface area contributed by atoms with Crippen molar-refractivity contribution < 1.29 is 9.53 Å². The summed E-state index contributed by atoms with van der Waals surface area (Å²) in [6, 6.07) is 17.5. The number of hydrogen-bond acceptors (Lipinski definition) is 4. The molecule has 0 unspecified atom stereocenters. The number of amides is 1. The zero-order valence-electron chi connectivity index (χ0n) is 14.6. The molecule has 2 aromatic carbocycles. The van der Waals surface area contributed by atoms with Gasteiger partial charge in [0.25, 0.3) is 0 Å². The van der Waals surface area contributed by atoms with Gasteiger partial charge >= 0.3 is 0 Å². The maximum absolute atomic E-state index is 11.4. The van der Waals surface area contributed by atoms with Crippen molar-refractivity contribution in [1.82, 2.24) is 9.97 Å². The molecule has 0 radical (unpaired) electrons. The third-order valence-electron chi connectivity index (χ3n) is 3.71. The Kier molecular flexibility index (Phi) is 5.39. The van der Waals surface area contributed by atoms with E-state index < -0.39 is 0 Å². The molecule has 1 amide bonds. The van der Waals surface area contributed by atoms with E-state index in [1.165, 1.54) is 6.92 Å². The summed E-state index contributed by atoms with van der Waals surface area (Å²) in [7, 11) is 1.63. The highest BCUT2D eigenvalue weighted by Crippen LogP contribution is 2.23. The van der Waals surface area contributed by atoms with Gasteiger partial charge in [0.2, 0.25) is 5.91 Å². The molecule has 3 aromatic rings. The summed E-state index contributed by atoms with van der Waals surface area (Å²) >= 11 is 0. The molecule has 130 valence electrons. The summed E-state index contributed by atoms with van der Waals surface area (Å²) < 4.78 is 5.18. The van der Waals surface area contributed by atoms with Crippen LogP contribution in [-0.4, -0.2) is 23.0 Å². The van der Waals surface area contributed by atoms with Gasteiger partial charge in [-0.3, -0.25) is 4.79 Å². The molecule has 0 aliphatic rings. The minimum Gasteiger partial charge on any atom is -0.497 e. The van der Waals surface area contributed by atoms with Crippen molar-refractivity contribution >= 4 is 23.9 Å². The SMILES string of the molecule is COc1ccc(-c2cnc(NC(C)=O)c(/C=C/c3ccccc3)n2)cc1. The van der Waals surface area contributed by atoms with Crippen LogP contribution < -0.4 is 10.1 Å². The molecule has 1 N–H and O–H groups in total. The van der Waals surface area contributed by atoms with Crippen LogP contribution in [0.15, 0.2) is 60.8 Å². The van der Waals surface area contributed by atoms with Crippen molar-refractivity contribution in [3.8, 4) is 17.0 Å². The first kappa shape index (κ1) is 17.4. The molecule has 0 atom stereocenters.